The van der Waals surface area contributed by atoms with Crippen molar-refractivity contribution in [3.8, 4) is 5.75 Å². The Morgan fingerprint density at radius 3 is 3.08 bits per heavy atom. The Bertz CT molecular complexity index is 594. The second-order valence-electron chi connectivity index (χ2n) is 6.17. The molecule has 1 saturated heterocycles. The lowest BCUT2D eigenvalue weighted by molar-refractivity contribution is -0.119. The van der Waals surface area contributed by atoms with Crippen LogP contribution in [-0.4, -0.2) is 49.6 Å². The van der Waals surface area contributed by atoms with E-state index in [4.69, 9.17) is 22.1 Å². The van der Waals surface area contributed by atoms with E-state index >= 15 is 0 Å². The fourth-order valence-corrected chi connectivity index (χ4v) is 3.19. The first-order valence-electron chi connectivity index (χ1n) is 8.78. The van der Waals surface area contributed by atoms with Crippen LogP contribution < -0.4 is 15.8 Å². The van der Waals surface area contributed by atoms with Gasteiger partial charge in [0.1, 0.15) is 12.4 Å². The highest BCUT2D eigenvalue weighted by molar-refractivity contribution is 6.30. The summed E-state index contributed by atoms with van der Waals surface area (Å²) in [6.45, 7) is 5.62. The number of guanidine groups is 1. The Hall–Kier alpha value is -1.95. The minimum Gasteiger partial charge on any atom is -0.492 e. The number of ether oxygens (including phenoxy) is 1. The van der Waals surface area contributed by atoms with Crippen LogP contribution in [0.1, 0.15) is 26.2 Å². The van der Waals surface area contributed by atoms with Gasteiger partial charge in [-0.2, -0.15) is 0 Å². The van der Waals surface area contributed by atoms with Gasteiger partial charge >= 0.3 is 0 Å². The molecule has 0 spiro atoms. The predicted octanol–water partition coefficient (Wildman–Crippen LogP) is 2.27. The highest BCUT2D eigenvalue weighted by Gasteiger charge is 2.23. The fourth-order valence-electron chi connectivity index (χ4n) is 3.01. The second kappa shape index (κ2) is 10.1. The van der Waals surface area contributed by atoms with E-state index in [0.29, 0.717) is 30.5 Å². The topological polar surface area (TPSA) is 80.0 Å². The normalized spacial score (nSPS) is 18.1. The number of rotatable bonds is 7. The van der Waals surface area contributed by atoms with Gasteiger partial charge in [0.25, 0.3) is 0 Å². The van der Waals surface area contributed by atoms with Crippen molar-refractivity contribution in [3.05, 3.63) is 29.3 Å². The number of amides is 1. The summed E-state index contributed by atoms with van der Waals surface area (Å²) >= 11 is 5.94. The Kier molecular flexibility index (Phi) is 7.85. The first-order chi connectivity index (χ1) is 12.1. The number of halogens is 1. The molecule has 0 radical (unpaired) electrons. The van der Waals surface area contributed by atoms with Gasteiger partial charge in [0, 0.05) is 31.1 Å². The molecule has 1 heterocycles. The number of carbonyl (C=O) groups excluding carboxylic acids is 1. The average molecular weight is 367 g/mol. The van der Waals surface area contributed by atoms with Crippen LogP contribution in [0.15, 0.2) is 29.3 Å². The molecule has 1 fully saturated rings. The van der Waals surface area contributed by atoms with Crippen molar-refractivity contribution in [1.29, 1.82) is 0 Å². The molecule has 2 rings (SSSR count). The molecular formula is C18H27ClN4O2. The van der Waals surface area contributed by atoms with Crippen LogP contribution in [0.5, 0.6) is 5.75 Å². The molecule has 0 aromatic heterocycles. The van der Waals surface area contributed by atoms with Crippen molar-refractivity contribution in [2.75, 3.05) is 32.8 Å². The molecular weight excluding hydrogens is 340 g/mol. The van der Waals surface area contributed by atoms with E-state index in [2.05, 4.69) is 15.2 Å². The molecule has 1 unspecified atom stereocenters. The first kappa shape index (κ1) is 19.4. The van der Waals surface area contributed by atoms with Crippen LogP contribution in [0, 0.1) is 5.92 Å². The molecule has 7 heteroatoms. The molecule has 1 aliphatic rings. The SMILES string of the molecule is CCNC(=NCCOc1cccc(Cl)c1)N1CCCC(CC(N)=O)C1. The summed E-state index contributed by atoms with van der Waals surface area (Å²) in [4.78, 5) is 18.0. The number of benzene rings is 1. The number of carbonyl (C=O) groups is 1. The van der Waals surface area contributed by atoms with Gasteiger partial charge in [-0.3, -0.25) is 4.79 Å². The van der Waals surface area contributed by atoms with Gasteiger partial charge in [-0.1, -0.05) is 17.7 Å². The standard InChI is InChI=1S/C18H27ClN4O2/c1-2-21-18(23-9-4-5-14(13-23)11-17(20)24)22-8-10-25-16-7-3-6-15(19)12-16/h3,6-7,12,14H,2,4-5,8-11,13H2,1H3,(H2,20,24)(H,21,22). The summed E-state index contributed by atoms with van der Waals surface area (Å²) in [5.74, 6) is 1.68. The maximum atomic E-state index is 11.2. The van der Waals surface area contributed by atoms with Crippen molar-refractivity contribution < 1.29 is 9.53 Å². The second-order valence-corrected chi connectivity index (χ2v) is 6.60. The van der Waals surface area contributed by atoms with Crippen LogP contribution in [-0.2, 0) is 4.79 Å². The summed E-state index contributed by atoms with van der Waals surface area (Å²) in [7, 11) is 0. The molecule has 1 aromatic rings. The van der Waals surface area contributed by atoms with E-state index < -0.39 is 0 Å². The Morgan fingerprint density at radius 2 is 2.36 bits per heavy atom. The third-order valence-corrected chi connectivity index (χ3v) is 4.30. The quantitative estimate of drug-likeness (QED) is 0.440. The van der Waals surface area contributed by atoms with E-state index in [9.17, 15) is 4.79 Å². The number of nitrogens with one attached hydrogen (secondary N) is 1. The zero-order valence-corrected chi connectivity index (χ0v) is 15.5. The third-order valence-electron chi connectivity index (χ3n) is 4.06. The van der Waals surface area contributed by atoms with Crippen molar-refractivity contribution >= 4 is 23.5 Å². The molecule has 6 nitrogen and oxygen atoms in total. The lowest BCUT2D eigenvalue weighted by atomic mass is 9.95. The van der Waals surface area contributed by atoms with Crippen molar-refractivity contribution in [2.45, 2.75) is 26.2 Å². The average Bonchev–Trinajstić information content (AvgIpc) is 2.57. The molecule has 3 N–H and O–H groups in total. The van der Waals surface area contributed by atoms with E-state index in [1.165, 1.54) is 0 Å². The fraction of sp³-hybridized carbons (Fsp3) is 0.556. The number of nitrogens with two attached hydrogens (primary N) is 1. The monoisotopic (exact) mass is 366 g/mol. The van der Waals surface area contributed by atoms with Crippen molar-refractivity contribution in [1.82, 2.24) is 10.2 Å². The van der Waals surface area contributed by atoms with E-state index in [0.717, 1.165) is 44.2 Å². The summed E-state index contributed by atoms with van der Waals surface area (Å²) in [6, 6.07) is 7.34. The minimum atomic E-state index is -0.233. The number of piperidine rings is 1. The smallest absolute Gasteiger partial charge is 0.217 e. The van der Waals surface area contributed by atoms with Crippen LogP contribution in [0.4, 0.5) is 0 Å². The maximum absolute atomic E-state index is 11.2. The van der Waals surface area contributed by atoms with Gasteiger partial charge < -0.3 is 20.7 Å². The summed E-state index contributed by atoms with van der Waals surface area (Å²) in [6.07, 6.45) is 2.52. The Morgan fingerprint density at radius 1 is 1.52 bits per heavy atom. The third kappa shape index (κ3) is 6.82. The number of primary amides is 1. The van der Waals surface area contributed by atoms with Crippen molar-refractivity contribution in [3.63, 3.8) is 0 Å². The highest BCUT2D eigenvalue weighted by Crippen LogP contribution is 2.19. The van der Waals surface area contributed by atoms with Crippen LogP contribution in [0.3, 0.4) is 0 Å². The lowest BCUT2D eigenvalue weighted by Gasteiger charge is -2.34. The lowest BCUT2D eigenvalue weighted by Crippen LogP contribution is -2.47. The largest absolute Gasteiger partial charge is 0.492 e. The van der Waals surface area contributed by atoms with E-state index in [-0.39, 0.29) is 5.91 Å². The van der Waals surface area contributed by atoms with Gasteiger partial charge in [0.15, 0.2) is 5.96 Å². The zero-order chi connectivity index (χ0) is 18.1. The van der Waals surface area contributed by atoms with Gasteiger partial charge in [-0.25, -0.2) is 4.99 Å². The predicted molar refractivity (Wildman–Crippen MR) is 101 cm³/mol. The number of nitrogens with zero attached hydrogens (tertiary/aromatic N) is 2. The van der Waals surface area contributed by atoms with Crippen LogP contribution >= 0.6 is 11.6 Å². The number of hydrogen-bond donors (Lipinski definition) is 2. The van der Waals surface area contributed by atoms with Gasteiger partial charge in [0.05, 0.1) is 6.54 Å². The van der Waals surface area contributed by atoms with Gasteiger partial charge in [0.2, 0.25) is 5.91 Å². The summed E-state index contributed by atoms with van der Waals surface area (Å²) < 4.78 is 5.68. The van der Waals surface area contributed by atoms with E-state index in [1.807, 2.05) is 25.1 Å². The highest BCUT2D eigenvalue weighted by atomic mass is 35.5. The van der Waals surface area contributed by atoms with Crippen LogP contribution in [0.2, 0.25) is 5.02 Å². The molecule has 1 atom stereocenters. The molecule has 25 heavy (non-hydrogen) atoms. The van der Waals surface area contributed by atoms with Gasteiger partial charge in [-0.15, -0.1) is 0 Å². The molecule has 1 amide bonds. The van der Waals surface area contributed by atoms with Crippen LogP contribution in [0.25, 0.3) is 0 Å². The summed E-state index contributed by atoms with van der Waals surface area (Å²) in [5, 5.41) is 3.97. The molecule has 0 bridgehead atoms. The Labute approximate surface area is 154 Å². The maximum Gasteiger partial charge on any atom is 0.217 e. The molecule has 1 aromatic carbocycles. The Balaban J connectivity index is 1.87. The number of hydrogen-bond acceptors (Lipinski definition) is 3. The molecule has 138 valence electrons. The molecule has 1 aliphatic heterocycles. The summed E-state index contributed by atoms with van der Waals surface area (Å²) in [5.41, 5.74) is 5.34. The molecule has 0 aliphatic carbocycles. The van der Waals surface area contributed by atoms with E-state index in [1.54, 1.807) is 6.07 Å². The minimum absolute atomic E-state index is 0.233. The molecule has 0 saturated carbocycles. The first-order valence-corrected chi connectivity index (χ1v) is 9.16. The number of likely N-dealkylation sites (tertiary alicyclic amines) is 1. The van der Waals surface area contributed by atoms with Crippen molar-refractivity contribution in [2.24, 2.45) is 16.6 Å². The number of aliphatic imine (C=N–C) groups is 1. The van der Waals surface area contributed by atoms with Gasteiger partial charge in [-0.05, 0) is 43.9 Å². The zero-order valence-electron chi connectivity index (χ0n) is 14.7.